The summed E-state index contributed by atoms with van der Waals surface area (Å²) in [5.74, 6) is 0.993. The highest BCUT2D eigenvalue weighted by Crippen LogP contribution is 2.31. The van der Waals surface area contributed by atoms with Crippen LogP contribution < -0.4 is 10.1 Å². The number of nitrogens with zero attached hydrogens (tertiary/aromatic N) is 3. The topological polar surface area (TPSA) is 81.7 Å². The summed E-state index contributed by atoms with van der Waals surface area (Å²) in [5.41, 5.74) is 3.92. The highest BCUT2D eigenvalue weighted by Gasteiger charge is 2.26. The standard InChI is InChI=1S/C34H35IN4O3/c35-33(26-4-2-1-3-5-26)39-18-12-28(13-19-39)37-34(40)32-21-27-20-30(10-11-31(27)42-32)41-29-14-16-38(17-15-29)23-25-8-6-24(22-36)7-9-25/h1-11,20-21,28-29,33H,12-19,23H2,(H,37,40). The van der Waals surface area contributed by atoms with Gasteiger partial charge in [-0.2, -0.15) is 5.26 Å². The predicted octanol–water partition coefficient (Wildman–Crippen LogP) is 6.68. The number of ether oxygens (including phenoxy) is 1. The lowest BCUT2D eigenvalue weighted by Crippen LogP contribution is -2.44. The Hall–Kier alpha value is -3.39. The van der Waals surface area contributed by atoms with Crippen LogP contribution in [0.2, 0.25) is 0 Å². The van der Waals surface area contributed by atoms with Gasteiger partial charge in [0, 0.05) is 44.2 Å². The molecule has 8 heteroatoms. The number of fused-ring (bicyclic) bond motifs is 1. The van der Waals surface area contributed by atoms with Gasteiger partial charge in [-0.05, 0) is 73.2 Å². The number of alkyl halides is 1. The third kappa shape index (κ3) is 6.97. The van der Waals surface area contributed by atoms with Crippen LogP contribution in [0, 0.1) is 11.3 Å². The van der Waals surface area contributed by atoms with Gasteiger partial charge >= 0.3 is 0 Å². The number of likely N-dealkylation sites (tertiary alicyclic amines) is 2. The fraction of sp³-hybridized carbons (Fsp3) is 0.353. The molecule has 1 unspecified atom stereocenters. The lowest BCUT2D eigenvalue weighted by molar-refractivity contribution is 0.0883. The molecular weight excluding hydrogens is 639 g/mol. The molecule has 0 spiro atoms. The molecule has 1 amide bonds. The average molecular weight is 675 g/mol. The summed E-state index contributed by atoms with van der Waals surface area (Å²) in [5, 5.41) is 13.1. The van der Waals surface area contributed by atoms with Gasteiger partial charge in [0.25, 0.3) is 5.91 Å². The molecule has 42 heavy (non-hydrogen) atoms. The van der Waals surface area contributed by atoms with Gasteiger partial charge in [-0.25, -0.2) is 0 Å². The van der Waals surface area contributed by atoms with Gasteiger partial charge in [-0.3, -0.25) is 14.6 Å². The number of benzene rings is 3. The minimum Gasteiger partial charge on any atom is -0.490 e. The number of hydrogen-bond acceptors (Lipinski definition) is 6. The van der Waals surface area contributed by atoms with Crippen molar-refractivity contribution in [3.8, 4) is 11.8 Å². The number of rotatable bonds is 8. The molecule has 7 nitrogen and oxygen atoms in total. The molecule has 0 saturated carbocycles. The minimum atomic E-state index is -0.157. The monoisotopic (exact) mass is 674 g/mol. The van der Waals surface area contributed by atoms with E-state index in [0.717, 1.165) is 69.5 Å². The maximum atomic E-state index is 13.0. The molecule has 216 valence electrons. The van der Waals surface area contributed by atoms with E-state index < -0.39 is 0 Å². The van der Waals surface area contributed by atoms with Crippen LogP contribution in [0.15, 0.2) is 83.3 Å². The van der Waals surface area contributed by atoms with Gasteiger partial charge in [-0.1, -0.05) is 65.1 Å². The zero-order valence-electron chi connectivity index (χ0n) is 23.5. The van der Waals surface area contributed by atoms with Crippen molar-refractivity contribution in [2.24, 2.45) is 0 Å². The molecule has 6 rings (SSSR count). The van der Waals surface area contributed by atoms with Crippen LogP contribution in [-0.2, 0) is 6.54 Å². The van der Waals surface area contributed by atoms with Crippen LogP contribution in [0.3, 0.4) is 0 Å². The zero-order valence-corrected chi connectivity index (χ0v) is 25.7. The molecular formula is C34H35IN4O3. The Morgan fingerprint density at radius 3 is 2.43 bits per heavy atom. The van der Waals surface area contributed by atoms with E-state index in [9.17, 15) is 4.79 Å². The van der Waals surface area contributed by atoms with E-state index in [2.05, 4.69) is 68.0 Å². The number of halogens is 1. The van der Waals surface area contributed by atoms with Gasteiger partial charge in [-0.15, -0.1) is 0 Å². The molecule has 2 aliphatic rings. The maximum Gasteiger partial charge on any atom is 0.287 e. The largest absolute Gasteiger partial charge is 0.490 e. The molecule has 4 aromatic rings. The van der Waals surface area contributed by atoms with Crippen LogP contribution in [0.1, 0.15) is 57.0 Å². The highest BCUT2D eigenvalue weighted by atomic mass is 127. The second-order valence-corrected chi connectivity index (χ2v) is 12.4. The van der Waals surface area contributed by atoms with Crippen molar-refractivity contribution >= 4 is 39.5 Å². The third-order valence-electron chi connectivity index (χ3n) is 8.30. The zero-order chi connectivity index (χ0) is 28.9. The van der Waals surface area contributed by atoms with Gasteiger partial charge < -0.3 is 14.5 Å². The van der Waals surface area contributed by atoms with Gasteiger partial charge in [0.15, 0.2) is 5.76 Å². The second kappa shape index (κ2) is 13.3. The van der Waals surface area contributed by atoms with Gasteiger partial charge in [0.1, 0.15) is 17.4 Å². The van der Waals surface area contributed by atoms with Crippen molar-refractivity contribution in [3.05, 3.63) is 101 Å². The first-order valence-electron chi connectivity index (χ1n) is 14.7. The predicted molar refractivity (Wildman–Crippen MR) is 172 cm³/mol. The quantitative estimate of drug-likeness (QED) is 0.128. The summed E-state index contributed by atoms with van der Waals surface area (Å²) in [6, 6.07) is 28.3. The van der Waals surface area contributed by atoms with E-state index in [1.54, 1.807) is 0 Å². The summed E-state index contributed by atoms with van der Waals surface area (Å²) >= 11 is 2.51. The van der Waals surface area contributed by atoms with Crippen molar-refractivity contribution in [3.63, 3.8) is 0 Å². The summed E-state index contributed by atoms with van der Waals surface area (Å²) in [6.07, 6.45) is 3.90. The number of furan rings is 1. The average Bonchev–Trinajstić information content (AvgIpc) is 3.47. The molecule has 2 saturated heterocycles. The number of amides is 1. The van der Waals surface area contributed by atoms with Crippen LogP contribution in [-0.4, -0.2) is 54.0 Å². The fourth-order valence-electron chi connectivity index (χ4n) is 5.88. The normalized spacial score (nSPS) is 18.0. The van der Waals surface area contributed by atoms with Crippen molar-refractivity contribution in [2.75, 3.05) is 26.2 Å². The Balaban J connectivity index is 0.981. The summed E-state index contributed by atoms with van der Waals surface area (Å²) in [7, 11) is 0. The number of nitriles is 1. The number of nitrogens with one attached hydrogen (secondary N) is 1. The van der Waals surface area contributed by atoms with E-state index in [-0.39, 0.29) is 18.1 Å². The van der Waals surface area contributed by atoms with Crippen molar-refractivity contribution in [2.45, 2.75) is 48.4 Å². The van der Waals surface area contributed by atoms with Crippen molar-refractivity contribution in [1.29, 1.82) is 5.26 Å². The molecule has 3 heterocycles. The summed E-state index contributed by atoms with van der Waals surface area (Å²) in [4.78, 5) is 17.9. The molecule has 1 N–H and O–H groups in total. The first-order chi connectivity index (χ1) is 20.5. The lowest BCUT2D eigenvalue weighted by atomic mass is 10.0. The fourth-order valence-corrected chi connectivity index (χ4v) is 6.85. The number of carbonyl (C=O) groups excluding carboxylic acids is 1. The van der Waals surface area contributed by atoms with Crippen LogP contribution in [0.25, 0.3) is 11.0 Å². The molecule has 1 aromatic heterocycles. The molecule has 2 aliphatic heterocycles. The van der Waals surface area contributed by atoms with Gasteiger partial charge in [0.2, 0.25) is 0 Å². The molecule has 0 radical (unpaired) electrons. The lowest BCUT2D eigenvalue weighted by Gasteiger charge is -2.35. The van der Waals surface area contributed by atoms with E-state index in [1.165, 1.54) is 11.1 Å². The first-order valence-corrected chi connectivity index (χ1v) is 15.9. The molecule has 0 aliphatic carbocycles. The Labute approximate surface area is 260 Å². The van der Waals surface area contributed by atoms with E-state index in [1.807, 2.05) is 54.6 Å². The summed E-state index contributed by atoms with van der Waals surface area (Å²) < 4.78 is 12.6. The van der Waals surface area contributed by atoms with E-state index in [4.69, 9.17) is 14.4 Å². The second-order valence-electron chi connectivity index (χ2n) is 11.2. The molecule has 2 fully saturated rings. The Morgan fingerprint density at radius 1 is 0.976 bits per heavy atom. The Morgan fingerprint density at radius 2 is 1.71 bits per heavy atom. The number of carbonyl (C=O) groups is 1. The Bertz CT molecular complexity index is 1530. The SMILES string of the molecule is N#Cc1ccc(CN2CCC(Oc3ccc4oc(C(=O)NC5CCN(C(I)c6ccccc6)CC5)cc4c3)CC2)cc1. The van der Waals surface area contributed by atoms with Crippen LogP contribution in [0.4, 0.5) is 0 Å². The van der Waals surface area contributed by atoms with E-state index in [0.29, 0.717) is 21.0 Å². The first kappa shape index (κ1) is 28.7. The highest BCUT2D eigenvalue weighted by molar-refractivity contribution is 14.1. The molecule has 1 atom stereocenters. The Kier molecular flexibility index (Phi) is 9.08. The number of hydrogen-bond donors (Lipinski definition) is 1. The number of piperidine rings is 2. The van der Waals surface area contributed by atoms with Crippen LogP contribution in [0.5, 0.6) is 5.75 Å². The molecule has 3 aromatic carbocycles. The molecule has 0 bridgehead atoms. The minimum absolute atomic E-state index is 0.142. The van der Waals surface area contributed by atoms with Crippen molar-refractivity contribution in [1.82, 2.24) is 15.1 Å². The van der Waals surface area contributed by atoms with Crippen LogP contribution >= 0.6 is 22.6 Å². The third-order valence-corrected chi connectivity index (χ3v) is 9.81. The van der Waals surface area contributed by atoms with Gasteiger partial charge in [0.05, 0.1) is 15.7 Å². The maximum absolute atomic E-state index is 13.0. The summed E-state index contributed by atoms with van der Waals surface area (Å²) in [6.45, 7) is 4.71. The van der Waals surface area contributed by atoms with Crippen molar-refractivity contribution < 1.29 is 13.9 Å². The smallest absolute Gasteiger partial charge is 0.287 e. The van der Waals surface area contributed by atoms with E-state index >= 15 is 0 Å².